The molecule has 15 heavy (non-hydrogen) atoms. The summed E-state index contributed by atoms with van der Waals surface area (Å²) in [5.74, 6) is 2.14. The molecule has 0 radical (unpaired) electrons. The first-order valence-corrected chi connectivity index (χ1v) is 5.52. The summed E-state index contributed by atoms with van der Waals surface area (Å²) in [6.07, 6.45) is 2.78. The summed E-state index contributed by atoms with van der Waals surface area (Å²) in [4.78, 5) is 4.33. The van der Waals surface area contributed by atoms with Crippen molar-refractivity contribution in [2.24, 2.45) is 11.7 Å². The second kappa shape index (κ2) is 4.72. The van der Waals surface area contributed by atoms with Crippen LogP contribution in [0.25, 0.3) is 0 Å². The zero-order chi connectivity index (χ0) is 10.7. The van der Waals surface area contributed by atoms with Crippen LogP contribution in [0.1, 0.15) is 25.1 Å². The highest BCUT2D eigenvalue weighted by molar-refractivity contribution is 4.91. The molecule has 2 atom stereocenters. The fourth-order valence-electron chi connectivity index (χ4n) is 1.88. The van der Waals surface area contributed by atoms with Crippen LogP contribution < -0.4 is 11.1 Å². The van der Waals surface area contributed by atoms with Crippen molar-refractivity contribution >= 4 is 0 Å². The Hall–Kier alpha value is -0.940. The van der Waals surface area contributed by atoms with Gasteiger partial charge in [-0.3, -0.25) is 0 Å². The van der Waals surface area contributed by atoms with Gasteiger partial charge >= 0.3 is 0 Å². The Kier molecular flexibility index (Phi) is 3.33. The predicted octanol–water partition coefficient (Wildman–Crippen LogP) is 0.111. The molecule has 1 fully saturated rings. The molecule has 2 unspecified atom stereocenters. The molecule has 1 aliphatic rings. The molecule has 1 aromatic heterocycles. The van der Waals surface area contributed by atoms with Crippen LogP contribution in [0, 0.1) is 5.92 Å². The second-order valence-corrected chi connectivity index (χ2v) is 4.35. The van der Waals surface area contributed by atoms with Gasteiger partial charge in [0.15, 0.2) is 5.82 Å². The standard InChI is InChI=1S/C10H18N4O/c1-7(11)4-10-13-9(14-15-10)5-8-2-3-12-6-8/h7-8,12H,2-6,11H2,1H3. The normalized spacial score (nSPS) is 23.2. The summed E-state index contributed by atoms with van der Waals surface area (Å²) in [6.45, 7) is 4.11. The van der Waals surface area contributed by atoms with Gasteiger partial charge in [0.25, 0.3) is 0 Å². The van der Waals surface area contributed by atoms with Crippen LogP contribution in [0.15, 0.2) is 4.52 Å². The zero-order valence-electron chi connectivity index (χ0n) is 9.07. The molecule has 2 heterocycles. The van der Waals surface area contributed by atoms with E-state index in [1.54, 1.807) is 0 Å². The average molecular weight is 210 g/mol. The van der Waals surface area contributed by atoms with E-state index in [1.165, 1.54) is 6.42 Å². The lowest BCUT2D eigenvalue weighted by molar-refractivity contribution is 0.364. The van der Waals surface area contributed by atoms with Gasteiger partial charge < -0.3 is 15.6 Å². The largest absolute Gasteiger partial charge is 0.339 e. The lowest BCUT2D eigenvalue weighted by Crippen LogP contribution is -2.18. The van der Waals surface area contributed by atoms with Gasteiger partial charge in [-0.2, -0.15) is 4.98 Å². The molecule has 0 aromatic carbocycles. The summed E-state index contributed by atoms with van der Waals surface area (Å²) in [6, 6.07) is 0.0754. The molecule has 0 bridgehead atoms. The maximum atomic E-state index is 5.66. The van der Waals surface area contributed by atoms with Crippen molar-refractivity contribution in [3.05, 3.63) is 11.7 Å². The van der Waals surface area contributed by atoms with Crippen molar-refractivity contribution in [1.82, 2.24) is 15.5 Å². The summed E-state index contributed by atoms with van der Waals surface area (Å²) in [5.41, 5.74) is 5.66. The van der Waals surface area contributed by atoms with E-state index in [0.717, 1.165) is 25.3 Å². The molecule has 84 valence electrons. The van der Waals surface area contributed by atoms with Gasteiger partial charge in [0.05, 0.1) is 0 Å². The number of aromatic nitrogens is 2. The Morgan fingerprint density at radius 2 is 2.53 bits per heavy atom. The van der Waals surface area contributed by atoms with Gasteiger partial charge in [-0.15, -0.1) is 0 Å². The first kappa shape index (κ1) is 10.6. The molecule has 0 aliphatic carbocycles. The summed E-state index contributed by atoms with van der Waals surface area (Å²) in [7, 11) is 0. The van der Waals surface area contributed by atoms with Crippen molar-refractivity contribution < 1.29 is 4.52 Å². The third-order valence-corrected chi connectivity index (χ3v) is 2.64. The van der Waals surface area contributed by atoms with E-state index < -0.39 is 0 Å². The molecule has 1 aromatic rings. The van der Waals surface area contributed by atoms with Gasteiger partial charge in [0.2, 0.25) is 5.89 Å². The fourth-order valence-corrected chi connectivity index (χ4v) is 1.88. The number of nitrogens with two attached hydrogens (primary N) is 1. The maximum Gasteiger partial charge on any atom is 0.228 e. The van der Waals surface area contributed by atoms with Crippen LogP contribution in [0.2, 0.25) is 0 Å². The number of hydrogen-bond acceptors (Lipinski definition) is 5. The number of nitrogens with zero attached hydrogens (tertiary/aromatic N) is 2. The summed E-state index contributed by atoms with van der Waals surface area (Å²) >= 11 is 0. The van der Waals surface area contributed by atoms with E-state index in [4.69, 9.17) is 10.3 Å². The molecule has 5 heteroatoms. The van der Waals surface area contributed by atoms with E-state index in [2.05, 4.69) is 15.5 Å². The van der Waals surface area contributed by atoms with Gasteiger partial charge in [-0.05, 0) is 32.4 Å². The smallest absolute Gasteiger partial charge is 0.228 e. The average Bonchev–Trinajstić information content (AvgIpc) is 2.77. The monoisotopic (exact) mass is 210 g/mol. The molecular weight excluding hydrogens is 192 g/mol. The van der Waals surface area contributed by atoms with Crippen LogP contribution in [-0.4, -0.2) is 29.3 Å². The summed E-state index contributed by atoms with van der Waals surface area (Å²) in [5, 5.41) is 7.29. The Labute approximate surface area is 89.4 Å². The Morgan fingerprint density at radius 1 is 1.67 bits per heavy atom. The minimum absolute atomic E-state index is 0.0754. The van der Waals surface area contributed by atoms with Crippen LogP contribution in [0.4, 0.5) is 0 Å². The lowest BCUT2D eigenvalue weighted by Gasteiger charge is -2.02. The minimum atomic E-state index is 0.0754. The van der Waals surface area contributed by atoms with Crippen molar-refractivity contribution in [3.8, 4) is 0 Å². The number of rotatable bonds is 4. The van der Waals surface area contributed by atoms with E-state index in [-0.39, 0.29) is 6.04 Å². The molecule has 1 saturated heterocycles. The highest BCUT2D eigenvalue weighted by Crippen LogP contribution is 2.13. The molecule has 0 spiro atoms. The zero-order valence-corrected chi connectivity index (χ0v) is 9.07. The van der Waals surface area contributed by atoms with E-state index in [1.807, 2.05) is 6.92 Å². The van der Waals surface area contributed by atoms with E-state index in [9.17, 15) is 0 Å². The lowest BCUT2D eigenvalue weighted by atomic mass is 10.1. The van der Waals surface area contributed by atoms with Crippen LogP contribution in [0.5, 0.6) is 0 Å². The van der Waals surface area contributed by atoms with E-state index in [0.29, 0.717) is 18.2 Å². The Balaban J connectivity index is 1.88. The highest BCUT2D eigenvalue weighted by atomic mass is 16.5. The van der Waals surface area contributed by atoms with Crippen LogP contribution in [0.3, 0.4) is 0 Å². The topological polar surface area (TPSA) is 77.0 Å². The van der Waals surface area contributed by atoms with Crippen molar-refractivity contribution in [2.45, 2.75) is 32.2 Å². The van der Waals surface area contributed by atoms with Gasteiger partial charge in [-0.25, -0.2) is 0 Å². The van der Waals surface area contributed by atoms with Gasteiger partial charge in [-0.1, -0.05) is 5.16 Å². The summed E-state index contributed by atoms with van der Waals surface area (Å²) < 4.78 is 5.12. The third kappa shape index (κ3) is 3.00. The second-order valence-electron chi connectivity index (χ2n) is 4.35. The molecular formula is C10H18N4O. The van der Waals surface area contributed by atoms with Crippen molar-refractivity contribution in [1.29, 1.82) is 0 Å². The SMILES string of the molecule is CC(N)Cc1nc(CC2CCNC2)no1. The molecule has 3 N–H and O–H groups in total. The Morgan fingerprint density at radius 3 is 3.20 bits per heavy atom. The fraction of sp³-hybridized carbons (Fsp3) is 0.800. The Bertz CT molecular complexity index is 304. The highest BCUT2D eigenvalue weighted by Gasteiger charge is 2.18. The van der Waals surface area contributed by atoms with Crippen molar-refractivity contribution in [3.63, 3.8) is 0 Å². The first-order valence-electron chi connectivity index (χ1n) is 5.52. The van der Waals surface area contributed by atoms with Gasteiger partial charge in [0, 0.05) is 18.9 Å². The van der Waals surface area contributed by atoms with E-state index >= 15 is 0 Å². The number of nitrogens with one attached hydrogen (secondary N) is 1. The van der Waals surface area contributed by atoms with Crippen LogP contribution >= 0.6 is 0 Å². The van der Waals surface area contributed by atoms with Gasteiger partial charge in [0.1, 0.15) is 0 Å². The minimum Gasteiger partial charge on any atom is -0.339 e. The number of hydrogen-bond donors (Lipinski definition) is 2. The maximum absolute atomic E-state index is 5.66. The molecule has 0 amide bonds. The quantitative estimate of drug-likeness (QED) is 0.737. The molecule has 1 aliphatic heterocycles. The van der Waals surface area contributed by atoms with Crippen molar-refractivity contribution in [2.75, 3.05) is 13.1 Å². The molecule has 2 rings (SSSR count). The third-order valence-electron chi connectivity index (χ3n) is 2.64. The molecule has 0 saturated carbocycles. The molecule has 5 nitrogen and oxygen atoms in total. The predicted molar refractivity (Wildman–Crippen MR) is 56.3 cm³/mol. The van der Waals surface area contributed by atoms with Crippen LogP contribution in [-0.2, 0) is 12.8 Å². The first-order chi connectivity index (χ1) is 7.24.